The average molecular weight is 715 g/mol. The van der Waals surface area contributed by atoms with Gasteiger partial charge in [0.15, 0.2) is 0 Å². The highest BCUT2D eigenvalue weighted by atomic mass is 32.2. The van der Waals surface area contributed by atoms with Gasteiger partial charge in [0.25, 0.3) is 15.9 Å². The lowest BCUT2D eigenvalue weighted by Crippen LogP contribution is -2.49. The first-order chi connectivity index (χ1) is 24.3. The summed E-state index contributed by atoms with van der Waals surface area (Å²) in [5.41, 5.74) is -0.599. The van der Waals surface area contributed by atoms with Gasteiger partial charge >= 0.3 is 11.8 Å². The van der Waals surface area contributed by atoms with E-state index in [-0.39, 0.29) is 45.6 Å². The normalized spacial score (nSPS) is 17.7. The quantitative estimate of drug-likeness (QED) is 0.284. The summed E-state index contributed by atoms with van der Waals surface area (Å²) in [5.74, 6) is 0.0809. The van der Waals surface area contributed by atoms with E-state index in [1.165, 1.54) is 54.1 Å². The lowest BCUT2D eigenvalue weighted by Gasteiger charge is -2.35. The Morgan fingerprint density at radius 3 is 2.18 bits per heavy atom. The lowest BCUT2D eigenvalue weighted by atomic mass is 10.0. The fourth-order valence-corrected chi connectivity index (χ4v) is 8.19. The Kier molecular flexibility index (Phi) is 9.97. The minimum Gasteiger partial charge on any atom is -0.497 e. The maximum Gasteiger partial charge on any atom is 0.410 e. The molecule has 13 nitrogen and oxygen atoms in total. The summed E-state index contributed by atoms with van der Waals surface area (Å²) in [7, 11) is -2.98. The van der Waals surface area contributed by atoms with Crippen molar-refractivity contribution in [2.24, 2.45) is 0 Å². The molecule has 1 aromatic heterocycles. The molecule has 0 bridgehead atoms. The third-order valence-electron chi connectivity index (χ3n) is 9.29. The van der Waals surface area contributed by atoms with Crippen LogP contribution >= 0.6 is 0 Å². The molecule has 0 aliphatic carbocycles. The number of aromatic nitrogens is 2. The number of carbonyl (C=O) groups excluding carboxylic acids is 2. The summed E-state index contributed by atoms with van der Waals surface area (Å²) in [6.07, 6.45) is 1.85. The Morgan fingerprint density at radius 2 is 1.55 bits per heavy atom. The van der Waals surface area contributed by atoms with Gasteiger partial charge in [-0.3, -0.25) is 9.36 Å². The topological polar surface area (TPSA) is 156 Å². The van der Waals surface area contributed by atoms with Crippen LogP contribution in [0.1, 0.15) is 57.2 Å². The van der Waals surface area contributed by atoms with Gasteiger partial charge in [-0.15, -0.1) is 0 Å². The molecule has 51 heavy (non-hydrogen) atoms. The van der Waals surface area contributed by atoms with Crippen LogP contribution in [0.4, 0.5) is 4.79 Å². The maximum absolute atomic E-state index is 14.6. The molecule has 2 fully saturated rings. The Balaban J connectivity index is 1.30. The Hall–Kier alpha value is -5.13. The molecule has 0 spiro atoms. The molecule has 268 valence electrons. The number of hydrogen-bond donors (Lipinski definition) is 1. The van der Waals surface area contributed by atoms with Crippen LogP contribution in [0.2, 0.25) is 0 Å². The summed E-state index contributed by atoms with van der Waals surface area (Å²) < 4.78 is 40.8. The number of hydrogen-bond acceptors (Lipinski definition) is 9. The zero-order valence-corrected chi connectivity index (χ0v) is 29.9. The number of nitrogens with zero attached hydrogens (tertiary/aromatic N) is 5. The second-order valence-electron chi connectivity index (χ2n) is 13.9. The van der Waals surface area contributed by atoms with E-state index in [4.69, 9.17) is 9.47 Å². The maximum atomic E-state index is 14.6. The molecule has 2 aliphatic rings. The predicted octanol–water partition coefficient (Wildman–Crippen LogP) is 4.10. The second-order valence-corrected chi connectivity index (χ2v) is 15.7. The number of benzene rings is 3. The smallest absolute Gasteiger partial charge is 0.410 e. The van der Waals surface area contributed by atoms with E-state index in [0.29, 0.717) is 47.9 Å². The number of ether oxygens (including phenoxy) is 2. The van der Waals surface area contributed by atoms with Crippen molar-refractivity contribution in [1.29, 1.82) is 5.26 Å². The molecule has 4 aromatic rings. The molecule has 2 saturated heterocycles. The zero-order chi connectivity index (χ0) is 36.5. The molecular formula is C37H42N6O7S. The highest BCUT2D eigenvalue weighted by molar-refractivity contribution is 7.90. The summed E-state index contributed by atoms with van der Waals surface area (Å²) in [6.45, 7) is 7.47. The molecule has 2 unspecified atom stereocenters. The van der Waals surface area contributed by atoms with E-state index in [1.807, 2.05) is 20.8 Å². The van der Waals surface area contributed by atoms with Crippen molar-refractivity contribution < 1.29 is 27.5 Å². The molecule has 0 radical (unpaired) electrons. The van der Waals surface area contributed by atoms with Gasteiger partial charge < -0.3 is 24.6 Å². The van der Waals surface area contributed by atoms with Crippen molar-refractivity contribution >= 4 is 33.1 Å². The van der Waals surface area contributed by atoms with Crippen molar-refractivity contribution in [1.82, 2.24) is 23.7 Å². The first-order valence-corrected chi connectivity index (χ1v) is 18.4. The number of fused-ring (bicyclic) bond motifs is 1. The van der Waals surface area contributed by atoms with Crippen molar-refractivity contribution in [2.75, 3.05) is 33.3 Å². The fourth-order valence-electron chi connectivity index (χ4n) is 6.79. The standard InChI is InChI=1S/C37H42N6O7S/c1-37(2,3)50-36(46)40-19-16-27(17-20-40)39-28-18-21-41(24-28)34(44)33(26-8-6-5-7-9-26)42-32-22-25(23-38)10-15-31(32)43(35(42)45)51(47,48)30-13-11-29(49-4)12-14-30/h5-15,22,27-28,33,39H,16-21,24H2,1-4H3. The minimum absolute atomic E-state index is 0.0119. The van der Waals surface area contributed by atoms with E-state index in [0.717, 1.165) is 12.8 Å². The minimum atomic E-state index is -4.45. The highest BCUT2D eigenvalue weighted by Gasteiger charge is 2.38. The Bertz CT molecular complexity index is 2120. The molecule has 2 aliphatic heterocycles. The summed E-state index contributed by atoms with van der Waals surface area (Å²) in [4.78, 5) is 44.9. The van der Waals surface area contributed by atoms with Crippen LogP contribution in [0.3, 0.4) is 0 Å². The third kappa shape index (κ3) is 7.36. The van der Waals surface area contributed by atoms with Gasteiger partial charge in [-0.05, 0) is 88.1 Å². The predicted molar refractivity (Wildman–Crippen MR) is 190 cm³/mol. The van der Waals surface area contributed by atoms with Crippen LogP contribution < -0.4 is 15.7 Å². The summed E-state index contributed by atoms with van der Waals surface area (Å²) in [6, 6.07) is 19.8. The van der Waals surface area contributed by atoms with Gasteiger partial charge in [0.2, 0.25) is 0 Å². The molecule has 2 atom stereocenters. The van der Waals surface area contributed by atoms with Gasteiger partial charge in [-0.1, -0.05) is 30.3 Å². The SMILES string of the molecule is COc1ccc(S(=O)(=O)n2c(=O)n(C(C(=O)N3CCC(NC4CCN(C(=O)OC(C)(C)C)CC4)C3)c3ccccc3)c3cc(C#N)ccc32)cc1. The number of amides is 2. The van der Waals surface area contributed by atoms with Gasteiger partial charge in [0.1, 0.15) is 17.4 Å². The van der Waals surface area contributed by atoms with Gasteiger partial charge in [0, 0.05) is 38.3 Å². The number of piperidine rings is 1. The van der Waals surface area contributed by atoms with E-state index in [9.17, 15) is 28.1 Å². The number of rotatable bonds is 8. The molecule has 3 heterocycles. The van der Waals surface area contributed by atoms with Crippen molar-refractivity contribution in [2.45, 2.75) is 68.7 Å². The van der Waals surface area contributed by atoms with Crippen molar-refractivity contribution in [3.63, 3.8) is 0 Å². The highest BCUT2D eigenvalue weighted by Crippen LogP contribution is 2.30. The first-order valence-electron chi connectivity index (χ1n) is 16.9. The molecular weight excluding hydrogens is 673 g/mol. The lowest BCUT2D eigenvalue weighted by molar-refractivity contribution is -0.132. The number of carbonyl (C=O) groups is 2. The van der Waals surface area contributed by atoms with Gasteiger partial charge in [0.05, 0.1) is 34.7 Å². The number of likely N-dealkylation sites (tertiary alicyclic amines) is 2. The molecule has 0 saturated carbocycles. The number of nitrogens with one attached hydrogen (secondary N) is 1. The number of methoxy groups -OCH3 is 1. The van der Waals surface area contributed by atoms with Crippen LogP contribution in [0, 0.1) is 11.3 Å². The zero-order valence-electron chi connectivity index (χ0n) is 29.1. The molecule has 14 heteroatoms. The summed E-state index contributed by atoms with van der Waals surface area (Å²) >= 11 is 0. The Labute approximate surface area is 297 Å². The Morgan fingerprint density at radius 1 is 0.902 bits per heavy atom. The largest absolute Gasteiger partial charge is 0.497 e. The fraction of sp³-hybridized carbons (Fsp3) is 0.405. The molecule has 3 aromatic carbocycles. The van der Waals surface area contributed by atoms with E-state index in [2.05, 4.69) is 11.4 Å². The van der Waals surface area contributed by atoms with Crippen molar-refractivity contribution in [3.8, 4) is 11.8 Å². The average Bonchev–Trinajstić information content (AvgIpc) is 3.70. The number of imidazole rings is 1. The van der Waals surface area contributed by atoms with Gasteiger partial charge in [-0.25, -0.2) is 18.0 Å². The van der Waals surface area contributed by atoms with E-state index in [1.54, 1.807) is 40.1 Å². The van der Waals surface area contributed by atoms with Crippen LogP contribution in [-0.2, 0) is 19.6 Å². The van der Waals surface area contributed by atoms with E-state index < -0.39 is 27.4 Å². The monoisotopic (exact) mass is 714 g/mol. The molecule has 6 rings (SSSR count). The molecule has 1 N–H and O–H groups in total. The van der Waals surface area contributed by atoms with Gasteiger partial charge in [-0.2, -0.15) is 9.23 Å². The summed E-state index contributed by atoms with van der Waals surface area (Å²) in [5, 5.41) is 13.4. The van der Waals surface area contributed by atoms with Crippen LogP contribution in [0.25, 0.3) is 11.0 Å². The number of nitriles is 1. The van der Waals surface area contributed by atoms with E-state index >= 15 is 0 Å². The third-order valence-corrected chi connectivity index (χ3v) is 11.0. The second kappa shape index (κ2) is 14.2. The first kappa shape index (κ1) is 35.7. The van der Waals surface area contributed by atoms with Crippen molar-refractivity contribution in [3.05, 3.63) is 94.4 Å². The van der Waals surface area contributed by atoms with Crippen LogP contribution in [0.5, 0.6) is 5.75 Å². The molecule has 2 amide bonds. The van der Waals surface area contributed by atoms with Crippen LogP contribution in [0.15, 0.2) is 82.5 Å². The van der Waals surface area contributed by atoms with Crippen LogP contribution in [-0.4, -0.2) is 89.7 Å².